The third-order valence-electron chi connectivity index (χ3n) is 3.35. The molecule has 2 rings (SSSR count). The summed E-state index contributed by atoms with van der Waals surface area (Å²) in [5, 5.41) is 2.72. The molecule has 0 spiro atoms. The Kier molecular flexibility index (Phi) is 5.11. The second-order valence-corrected chi connectivity index (χ2v) is 4.64. The molecule has 0 saturated heterocycles. The normalized spacial score (nSPS) is 17.0. The van der Waals surface area contributed by atoms with E-state index >= 15 is 0 Å². The number of carbonyl (C=O) groups is 1. The molecule has 100 valence electrons. The predicted molar refractivity (Wildman–Crippen MR) is 70.9 cm³/mol. The first-order chi connectivity index (χ1) is 8.12. The maximum atomic E-state index is 13.3. The van der Waals surface area contributed by atoms with E-state index in [1.165, 1.54) is 6.07 Å². The van der Waals surface area contributed by atoms with Crippen molar-refractivity contribution in [2.75, 3.05) is 0 Å². The van der Waals surface area contributed by atoms with Crippen molar-refractivity contribution in [3.05, 3.63) is 35.6 Å². The number of amides is 1. The second-order valence-electron chi connectivity index (χ2n) is 4.64. The first-order valence-electron chi connectivity index (χ1n) is 5.92. The number of nitrogens with two attached hydrogens (primary N) is 1. The lowest BCUT2D eigenvalue weighted by Crippen LogP contribution is -2.51. The van der Waals surface area contributed by atoms with Gasteiger partial charge in [0.2, 0.25) is 5.91 Å². The van der Waals surface area contributed by atoms with Crippen LogP contribution in [0.15, 0.2) is 24.3 Å². The number of hydrogen-bond donors (Lipinski definition) is 2. The highest BCUT2D eigenvalue weighted by atomic mass is 35.5. The average Bonchev–Trinajstić information content (AvgIpc) is 2.76. The zero-order valence-electron chi connectivity index (χ0n) is 10.1. The van der Waals surface area contributed by atoms with Gasteiger partial charge in [-0.25, -0.2) is 4.39 Å². The molecule has 0 aromatic heterocycles. The lowest BCUT2D eigenvalue weighted by Gasteiger charge is -2.22. The van der Waals surface area contributed by atoms with Crippen LogP contribution >= 0.6 is 12.4 Å². The van der Waals surface area contributed by atoms with Crippen LogP contribution in [0.1, 0.15) is 31.2 Å². The van der Waals surface area contributed by atoms with E-state index in [1.54, 1.807) is 18.2 Å². The van der Waals surface area contributed by atoms with Crippen LogP contribution in [0.3, 0.4) is 0 Å². The van der Waals surface area contributed by atoms with Crippen molar-refractivity contribution >= 4 is 18.3 Å². The average molecular weight is 273 g/mol. The van der Waals surface area contributed by atoms with Gasteiger partial charge in [-0.05, 0) is 18.9 Å². The third-order valence-corrected chi connectivity index (χ3v) is 3.35. The minimum absolute atomic E-state index is 0. The fourth-order valence-corrected chi connectivity index (χ4v) is 2.23. The highest BCUT2D eigenvalue weighted by molar-refractivity contribution is 5.86. The maximum absolute atomic E-state index is 13.3. The van der Waals surface area contributed by atoms with Gasteiger partial charge in [-0.1, -0.05) is 31.0 Å². The smallest absolute Gasteiger partial charge is 0.240 e. The third kappa shape index (κ3) is 3.21. The maximum Gasteiger partial charge on any atom is 0.240 e. The Morgan fingerprint density at radius 3 is 2.56 bits per heavy atom. The zero-order chi connectivity index (χ0) is 12.3. The molecular weight excluding hydrogens is 255 g/mol. The van der Waals surface area contributed by atoms with Gasteiger partial charge in [0.25, 0.3) is 0 Å². The molecule has 0 radical (unpaired) electrons. The molecule has 5 heteroatoms. The van der Waals surface area contributed by atoms with Crippen LogP contribution in [0.2, 0.25) is 0 Å². The molecule has 0 bridgehead atoms. The van der Waals surface area contributed by atoms with Crippen molar-refractivity contribution in [3.63, 3.8) is 0 Å². The Morgan fingerprint density at radius 1 is 1.33 bits per heavy atom. The summed E-state index contributed by atoms with van der Waals surface area (Å²) >= 11 is 0. The van der Waals surface area contributed by atoms with Gasteiger partial charge in [0.15, 0.2) is 0 Å². The van der Waals surface area contributed by atoms with Crippen LogP contribution in [0.5, 0.6) is 0 Å². The van der Waals surface area contributed by atoms with Crippen molar-refractivity contribution in [1.82, 2.24) is 5.32 Å². The predicted octanol–water partition coefficient (Wildman–Crippen LogP) is 2.14. The molecule has 18 heavy (non-hydrogen) atoms. The SMILES string of the molecule is Cl.NC1(C(=O)NCc2ccccc2F)CCCC1. The molecular formula is C13H18ClFN2O. The Bertz CT molecular complexity index is 419. The van der Waals surface area contributed by atoms with E-state index in [4.69, 9.17) is 5.73 Å². The largest absolute Gasteiger partial charge is 0.350 e. The van der Waals surface area contributed by atoms with Crippen molar-refractivity contribution in [2.24, 2.45) is 5.73 Å². The van der Waals surface area contributed by atoms with Gasteiger partial charge in [-0.15, -0.1) is 12.4 Å². The molecule has 0 aliphatic heterocycles. The zero-order valence-corrected chi connectivity index (χ0v) is 10.9. The van der Waals surface area contributed by atoms with Gasteiger partial charge in [-0.3, -0.25) is 4.79 Å². The summed E-state index contributed by atoms with van der Waals surface area (Å²) < 4.78 is 13.3. The van der Waals surface area contributed by atoms with Crippen LogP contribution in [-0.4, -0.2) is 11.4 Å². The number of carbonyl (C=O) groups excluding carboxylic acids is 1. The molecule has 1 aromatic carbocycles. The van der Waals surface area contributed by atoms with E-state index in [1.807, 2.05) is 0 Å². The summed E-state index contributed by atoms with van der Waals surface area (Å²) in [5.74, 6) is -0.469. The van der Waals surface area contributed by atoms with Crippen molar-refractivity contribution in [3.8, 4) is 0 Å². The van der Waals surface area contributed by atoms with Crippen molar-refractivity contribution in [1.29, 1.82) is 0 Å². The number of rotatable bonds is 3. The van der Waals surface area contributed by atoms with E-state index in [9.17, 15) is 9.18 Å². The molecule has 0 unspecified atom stereocenters. The molecule has 1 saturated carbocycles. The summed E-state index contributed by atoms with van der Waals surface area (Å²) in [5.41, 5.74) is 5.74. The summed E-state index contributed by atoms with van der Waals surface area (Å²) in [6.45, 7) is 0.199. The van der Waals surface area contributed by atoms with E-state index < -0.39 is 5.54 Å². The van der Waals surface area contributed by atoms with Crippen LogP contribution in [0.25, 0.3) is 0 Å². The quantitative estimate of drug-likeness (QED) is 0.886. The summed E-state index contributed by atoms with van der Waals surface area (Å²) in [6.07, 6.45) is 3.42. The van der Waals surface area contributed by atoms with Gasteiger partial charge in [-0.2, -0.15) is 0 Å². The first-order valence-corrected chi connectivity index (χ1v) is 5.92. The standard InChI is InChI=1S/C13H17FN2O.ClH/c14-11-6-2-1-5-10(11)9-16-12(17)13(15)7-3-4-8-13;/h1-2,5-6H,3-4,7-9,15H2,(H,16,17);1H. The van der Waals surface area contributed by atoms with Crippen LogP contribution in [0, 0.1) is 5.82 Å². The first kappa shape index (κ1) is 14.9. The Hall–Kier alpha value is -1.13. The van der Waals surface area contributed by atoms with Gasteiger partial charge >= 0.3 is 0 Å². The highest BCUT2D eigenvalue weighted by Gasteiger charge is 2.36. The molecule has 0 atom stereocenters. The fraction of sp³-hybridized carbons (Fsp3) is 0.462. The second kappa shape index (κ2) is 6.16. The van der Waals surface area contributed by atoms with Crippen LogP contribution in [0.4, 0.5) is 4.39 Å². The molecule has 1 amide bonds. The van der Waals surface area contributed by atoms with Crippen LogP contribution in [-0.2, 0) is 11.3 Å². The Morgan fingerprint density at radius 2 is 1.94 bits per heavy atom. The molecule has 3 nitrogen and oxygen atoms in total. The minimum atomic E-state index is -0.745. The number of halogens is 2. The van der Waals surface area contributed by atoms with Crippen LogP contribution < -0.4 is 11.1 Å². The number of hydrogen-bond acceptors (Lipinski definition) is 2. The summed E-state index contributed by atoms with van der Waals surface area (Å²) in [7, 11) is 0. The van der Waals surface area contributed by atoms with Gasteiger partial charge in [0, 0.05) is 12.1 Å². The molecule has 0 heterocycles. The van der Waals surface area contributed by atoms with E-state index in [-0.39, 0.29) is 30.7 Å². The molecule has 3 N–H and O–H groups in total. The molecule has 1 fully saturated rings. The topological polar surface area (TPSA) is 55.1 Å². The Labute approximate surface area is 112 Å². The van der Waals surface area contributed by atoms with Crippen molar-refractivity contribution in [2.45, 2.75) is 37.8 Å². The van der Waals surface area contributed by atoms with Gasteiger partial charge in [0.1, 0.15) is 5.82 Å². The van der Waals surface area contributed by atoms with Gasteiger partial charge < -0.3 is 11.1 Å². The minimum Gasteiger partial charge on any atom is -0.350 e. The lowest BCUT2D eigenvalue weighted by molar-refractivity contribution is -0.126. The van der Waals surface area contributed by atoms with Crippen molar-refractivity contribution < 1.29 is 9.18 Å². The molecule has 1 aliphatic carbocycles. The molecule has 1 aliphatic rings. The Balaban J connectivity index is 0.00000162. The fourth-order valence-electron chi connectivity index (χ4n) is 2.23. The highest BCUT2D eigenvalue weighted by Crippen LogP contribution is 2.27. The number of benzene rings is 1. The number of nitrogens with one attached hydrogen (secondary N) is 1. The summed E-state index contributed by atoms with van der Waals surface area (Å²) in [6, 6.07) is 6.42. The van der Waals surface area contributed by atoms with E-state index in [0.29, 0.717) is 5.56 Å². The monoisotopic (exact) mass is 272 g/mol. The van der Waals surface area contributed by atoms with E-state index in [2.05, 4.69) is 5.32 Å². The van der Waals surface area contributed by atoms with Gasteiger partial charge in [0.05, 0.1) is 5.54 Å². The lowest BCUT2D eigenvalue weighted by atomic mass is 9.98. The van der Waals surface area contributed by atoms with E-state index in [0.717, 1.165) is 25.7 Å². The summed E-state index contributed by atoms with van der Waals surface area (Å²) in [4.78, 5) is 11.9. The molecule has 1 aromatic rings.